The van der Waals surface area contributed by atoms with Crippen LogP contribution >= 0.6 is 0 Å². The second kappa shape index (κ2) is 14.3. The van der Waals surface area contributed by atoms with Gasteiger partial charge in [-0.1, -0.05) is 43.3 Å². The van der Waals surface area contributed by atoms with E-state index in [9.17, 15) is 5.11 Å². The van der Waals surface area contributed by atoms with Gasteiger partial charge in [-0.3, -0.25) is 29.7 Å². The topological polar surface area (TPSA) is 78.3 Å². The Morgan fingerprint density at radius 1 is 0.512 bits per heavy atom. The molecule has 5 aromatic rings. The number of aromatic nitrogens is 4. The summed E-state index contributed by atoms with van der Waals surface area (Å²) in [7, 11) is 0. The van der Waals surface area contributed by atoms with Gasteiger partial charge >= 0.3 is 0 Å². The summed E-state index contributed by atoms with van der Waals surface area (Å²) in [4.78, 5) is 22.8. The third-order valence-corrected chi connectivity index (χ3v) is 6.97. The molecule has 4 aromatic heterocycles. The van der Waals surface area contributed by atoms with Gasteiger partial charge in [0.05, 0.1) is 22.8 Å². The van der Waals surface area contributed by atoms with Crippen LogP contribution in [0.15, 0.2) is 110 Å². The number of rotatable bonds is 13. The van der Waals surface area contributed by atoms with Gasteiger partial charge in [-0.2, -0.15) is 0 Å². The summed E-state index contributed by atoms with van der Waals surface area (Å²) in [5, 5.41) is 11.7. The highest BCUT2D eigenvalue weighted by atomic mass is 16.3. The van der Waals surface area contributed by atoms with Crippen LogP contribution in [0.2, 0.25) is 0 Å². The second-order valence-electron chi connectivity index (χ2n) is 10.2. The molecule has 0 spiro atoms. The predicted molar refractivity (Wildman–Crippen MR) is 160 cm³/mol. The molecule has 7 nitrogen and oxygen atoms in total. The van der Waals surface area contributed by atoms with Crippen LogP contribution in [0.25, 0.3) is 0 Å². The Hall–Kier alpha value is -4.46. The van der Waals surface area contributed by atoms with Gasteiger partial charge in [-0.25, -0.2) is 0 Å². The van der Waals surface area contributed by atoms with E-state index in [0.717, 1.165) is 40.3 Å². The van der Waals surface area contributed by atoms with E-state index in [1.807, 2.05) is 97.6 Å². The Morgan fingerprint density at radius 2 is 0.854 bits per heavy atom. The van der Waals surface area contributed by atoms with Crippen molar-refractivity contribution in [2.45, 2.75) is 52.6 Å². The maximum atomic E-state index is 11.7. The molecule has 1 aromatic carbocycles. The highest BCUT2D eigenvalue weighted by molar-refractivity contribution is 5.44. The zero-order valence-corrected chi connectivity index (χ0v) is 23.5. The van der Waals surface area contributed by atoms with E-state index in [2.05, 4.69) is 48.8 Å². The van der Waals surface area contributed by atoms with Crippen molar-refractivity contribution in [3.63, 3.8) is 0 Å². The number of aryl methyl sites for hydroxylation is 1. The van der Waals surface area contributed by atoms with Gasteiger partial charge in [0.25, 0.3) is 0 Å². The van der Waals surface area contributed by atoms with Crippen LogP contribution in [-0.4, -0.2) is 34.8 Å². The molecule has 0 unspecified atom stereocenters. The molecule has 7 heteroatoms. The Kier molecular flexibility index (Phi) is 9.76. The summed E-state index contributed by atoms with van der Waals surface area (Å²) >= 11 is 0. The van der Waals surface area contributed by atoms with Gasteiger partial charge in [-0.15, -0.1) is 0 Å². The largest absolute Gasteiger partial charge is 0.507 e. The molecule has 0 bridgehead atoms. The van der Waals surface area contributed by atoms with Crippen molar-refractivity contribution in [1.82, 2.24) is 29.7 Å². The quantitative estimate of drug-likeness (QED) is 0.197. The molecule has 0 aliphatic rings. The van der Waals surface area contributed by atoms with Crippen LogP contribution in [0.5, 0.6) is 5.75 Å². The van der Waals surface area contributed by atoms with Crippen molar-refractivity contribution in [1.29, 1.82) is 0 Å². The molecule has 0 aliphatic heterocycles. The first kappa shape index (κ1) is 28.1. The minimum absolute atomic E-state index is 0.335. The van der Waals surface area contributed by atoms with Crippen LogP contribution in [0.4, 0.5) is 0 Å². The lowest BCUT2D eigenvalue weighted by atomic mass is 10.0. The van der Waals surface area contributed by atoms with Crippen molar-refractivity contribution in [3.8, 4) is 5.75 Å². The van der Waals surface area contributed by atoms with E-state index >= 15 is 0 Å². The molecule has 0 saturated heterocycles. The maximum Gasteiger partial charge on any atom is 0.124 e. The van der Waals surface area contributed by atoms with Gasteiger partial charge in [0.1, 0.15) is 5.75 Å². The third-order valence-electron chi connectivity index (χ3n) is 6.97. The molecule has 4 heterocycles. The lowest BCUT2D eigenvalue weighted by molar-refractivity contribution is 0.231. The van der Waals surface area contributed by atoms with E-state index in [1.54, 1.807) is 0 Å². The van der Waals surface area contributed by atoms with Gasteiger partial charge in [0.15, 0.2) is 0 Å². The molecular weight excluding hydrogens is 508 g/mol. The zero-order chi connectivity index (χ0) is 28.3. The normalized spacial score (nSPS) is 11.3. The second-order valence-corrected chi connectivity index (χ2v) is 10.2. The van der Waals surface area contributed by atoms with Gasteiger partial charge in [-0.05, 0) is 60.5 Å². The number of benzene rings is 1. The molecule has 0 fully saturated rings. The Labute approximate surface area is 242 Å². The third kappa shape index (κ3) is 8.27. The highest BCUT2D eigenvalue weighted by Crippen LogP contribution is 2.29. The fraction of sp³-hybridized carbons (Fsp3) is 0.235. The number of aromatic hydroxyl groups is 1. The van der Waals surface area contributed by atoms with E-state index in [-0.39, 0.29) is 0 Å². The summed E-state index contributed by atoms with van der Waals surface area (Å²) in [6.45, 7) is 5.88. The number of hydrogen-bond acceptors (Lipinski definition) is 7. The van der Waals surface area contributed by atoms with Crippen LogP contribution < -0.4 is 0 Å². The Balaban J connectivity index is 1.43. The van der Waals surface area contributed by atoms with Crippen molar-refractivity contribution < 1.29 is 5.11 Å². The minimum atomic E-state index is 0.335. The first-order valence-corrected chi connectivity index (χ1v) is 14.0. The van der Waals surface area contributed by atoms with Gasteiger partial charge in [0.2, 0.25) is 0 Å². The number of hydrogen-bond donors (Lipinski definition) is 1. The van der Waals surface area contributed by atoms with Crippen molar-refractivity contribution in [3.05, 3.63) is 149 Å². The fourth-order valence-electron chi connectivity index (χ4n) is 4.98. The van der Waals surface area contributed by atoms with Crippen LogP contribution in [0, 0.1) is 0 Å². The summed E-state index contributed by atoms with van der Waals surface area (Å²) in [5.41, 5.74) is 6.92. The molecule has 5 rings (SSSR count). The molecule has 0 amide bonds. The molecule has 0 atom stereocenters. The van der Waals surface area contributed by atoms with E-state index in [0.29, 0.717) is 45.0 Å². The Morgan fingerprint density at radius 3 is 1.12 bits per heavy atom. The van der Waals surface area contributed by atoms with Crippen molar-refractivity contribution in [2.24, 2.45) is 0 Å². The summed E-state index contributed by atoms with van der Waals surface area (Å²) in [6.07, 6.45) is 8.15. The first-order valence-electron chi connectivity index (χ1n) is 14.0. The molecule has 0 saturated carbocycles. The van der Waals surface area contributed by atoms with E-state index in [1.165, 1.54) is 5.56 Å². The zero-order valence-electron chi connectivity index (χ0n) is 23.5. The van der Waals surface area contributed by atoms with E-state index in [4.69, 9.17) is 0 Å². The molecular formula is C34H36N6O. The number of pyridine rings is 4. The minimum Gasteiger partial charge on any atom is -0.507 e. The summed E-state index contributed by atoms with van der Waals surface area (Å²) in [5.74, 6) is 0.335. The standard InChI is InChI=1S/C34H36N6O/c1-2-27-19-28(21-39(23-30-11-3-7-15-35-30)24-31-12-4-8-16-36-31)34(41)29(20-27)22-40(25-32-13-5-9-17-37-32)26-33-14-6-10-18-38-33/h3-20,41H,2,21-26H2,1H3. The predicted octanol–water partition coefficient (Wildman–Crippen LogP) is 5.94. The Bertz CT molecular complexity index is 1290. The molecule has 0 radical (unpaired) electrons. The number of nitrogens with zero attached hydrogens (tertiary/aromatic N) is 6. The average molecular weight is 545 g/mol. The first-order chi connectivity index (χ1) is 20.2. The maximum absolute atomic E-state index is 11.7. The summed E-state index contributed by atoms with van der Waals surface area (Å²) < 4.78 is 0. The monoisotopic (exact) mass is 544 g/mol. The van der Waals surface area contributed by atoms with Gasteiger partial charge in [0, 0.05) is 75.2 Å². The average Bonchev–Trinajstić information content (AvgIpc) is 3.01. The van der Waals surface area contributed by atoms with Crippen molar-refractivity contribution >= 4 is 0 Å². The number of phenolic OH excluding ortho intramolecular Hbond substituents is 1. The molecule has 208 valence electrons. The van der Waals surface area contributed by atoms with Gasteiger partial charge < -0.3 is 5.11 Å². The fourth-order valence-corrected chi connectivity index (χ4v) is 4.98. The SMILES string of the molecule is CCc1cc(CN(Cc2ccccn2)Cc2ccccn2)c(O)c(CN(Cc2ccccn2)Cc2ccccn2)c1. The lowest BCUT2D eigenvalue weighted by Gasteiger charge is -2.26. The van der Waals surface area contributed by atoms with Crippen LogP contribution in [-0.2, 0) is 45.7 Å². The van der Waals surface area contributed by atoms with Crippen LogP contribution in [0.1, 0.15) is 46.4 Å². The van der Waals surface area contributed by atoms with E-state index < -0.39 is 0 Å². The lowest BCUT2D eigenvalue weighted by Crippen LogP contribution is -2.25. The smallest absolute Gasteiger partial charge is 0.124 e. The molecule has 1 N–H and O–H groups in total. The summed E-state index contributed by atoms with van der Waals surface area (Å²) in [6, 6.07) is 28.1. The molecule has 0 aliphatic carbocycles. The van der Waals surface area contributed by atoms with Crippen molar-refractivity contribution in [2.75, 3.05) is 0 Å². The molecule has 41 heavy (non-hydrogen) atoms. The van der Waals surface area contributed by atoms with Crippen LogP contribution in [0.3, 0.4) is 0 Å². The highest BCUT2D eigenvalue weighted by Gasteiger charge is 2.18. The number of phenols is 1.